The summed E-state index contributed by atoms with van der Waals surface area (Å²) < 4.78 is 65.5. The first-order chi connectivity index (χ1) is 7.28. The van der Waals surface area contributed by atoms with Crippen molar-refractivity contribution in [2.75, 3.05) is 0 Å². The molecule has 0 amide bonds. The van der Waals surface area contributed by atoms with E-state index in [1.807, 2.05) is 0 Å². The van der Waals surface area contributed by atoms with Crippen LogP contribution in [0.3, 0.4) is 0 Å². The van der Waals surface area contributed by atoms with Gasteiger partial charge in [-0.1, -0.05) is 0 Å². The molecule has 0 atom stereocenters. The standard InChI is InChI=1S/C5H5F3O2.C2HF3O2.Ag/c1-3(9)2-4(10)5(6,7)8;3-2(4,5)1(6)7;/h2H2,1H3;(H,6,7);/q;;+1/p-1. The van der Waals surface area contributed by atoms with E-state index in [0.717, 1.165) is 6.92 Å². The van der Waals surface area contributed by atoms with E-state index in [1.165, 1.54) is 0 Å². The van der Waals surface area contributed by atoms with Gasteiger partial charge >= 0.3 is 34.7 Å². The average molecular weight is 375 g/mol. The van der Waals surface area contributed by atoms with Gasteiger partial charge in [-0.3, -0.25) is 9.59 Å². The molecule has 0 aliphatic carbocycles. The van der Waals surface area contributed by atoms with Crippen LogP contribution in [0.25, 0.3) is 0 Å². The van der Waals surface area contributed by atoms with E-state index in [4.69, 9.17) is 9.90 Å². The number of hydrogen-bond acceptors (Lipinski definition) is 4. The Labute approximate surface area is 112 Å². The van der Waals surface area contributed by atoms with Crippen LogP contribution < -0.4 is 5.11 Å². The molecule has 0 aliphatic rings. The third kappa shape index (κ3) is 13.2. The predicted molar refractivity (Wildman–Crippen MR) is 37.4 cm³/mol. The molecule has 4 nitrogen and oxygen atoms in total. The first-order valence-electron chi connectivity index (χ1n) is 3.66. The minimum absolute atomic E-state index is 0. The molecule has 0 N–H and O–H groups in total. The van der Waals surface area contributed by atoms with E-state index in [2.05, 4.69) is 0 Å². The summed E-state index contributed by atoms with van der Waals surface area (Å²) in [6, 6.07) is 0. The number of halogens is 6. The maximum Gasteiger partial charge on any atom is 1.00 e. The van der Waals surface area contributed by atoms with Crippen molar-refractivity contribution in [3.63, 3.8) is 0 Å². The minimum atomic E-state index is -5.19. The number of ketones is 2. The molecule has 0 aromatic rings. The van der Waals surface area contributed by atoms with Crippen molar-refractivity contribution in [1.82, 2.24) is 0 Å². The van der Waals surface area contributed by atoms with Crippen LogP contribution in [0, 0.1) is 0 Å². The average Bonchev–Trinajstić information content (AvgIpc) is 1.99. The normalized spacial score (nSPS) is 10.6. The number of carbonyl (C=O) groups is 3. The molecule has 0 rings (SSSR count). The number of carboxylic acid groups (broad SMARTS) is 1. The molecule has 0 unspecified atom stereocenters. The van der Waals surface area contributed by atoms with Crippen LogP contribution in [0.15, 0.2) is 0 Å². The van der Waals surface area contributed by atoms with Crippen LogP contribution >= 0.6 is 0 Å². The molecule has 0 spiro atoms. The fourth-order valence-corrected chi connectivity index (χ4v) is 0.326. The third-order valence-electron chi connectivity index (χ3n) is 0.957. The van der Waals surface area contributed by atoms with Crippen LogP contribution in [0.1, 0.15) is 13.3 Å². The number of hydrogen-bond donors (Lipinski definition) is 0. The Kier molecular flexibility index (Phi) is 10.3. The molecular formula is C7H5AgF6O4. The van der Waals surface area contributed by atoms with E-state index in [1.54, 1.807) is 0 Å². The molecule has 0 heterocycles. The number of carboxylic acids is 1. The Morgan fingerprint density at radius 2 is 1.22 bits per heavy atom. The Morgan fingerprint density at radius 1 is 0.944 bits per heavy atom. The van der Waals surface area contributed by atoms with E-state index >= 15 is 0 Å². The van der Waals surface area contributed by atoms with Crippen molar-refractivity contribution < 1.29 is 68.2 Å². The fraction of sp³-hybridized carbons (Fsp3) is 0.571. The van der Waals surface area contributed by atoms with Gasteiger partial charge < -0.3 is 9.90 Å². The van der Waals surface area contributed by atoms with Gasteiger partial charge in [0.1, 0.15) is 11.8 Å². The number of Topliss-reactive ketones (excluding diaryl/α,β-unsaturated/α-hetero) is 2. The zero-order chi connectivity index (χ0) is 14.4. The molecule has 0 saturated heterocycles. The van der Waals surface area contributed by atoms with E-state index in [9.17, 15) is 35.9 Å². The molecule has 11 heteroatoms. The zero-order valence-corrected chi connectivity index (χ0v) is 9.89. The van der Waals surface area contributed by atoms with Gasteiger partial charge in [-0.15, -0.1) is 0 Å². The number of rotatable bonds is 2. The van der Waals surface area contributed by atoms with Gasteiger partial charge in [-0.05, 0) is 6.92 Å². The van der Waals surface area contributed by atoms with Crippen LogP contribution in [0.4, 0.5) is 26.3 Å². The Morgan fingerprint density at radius 3 is 1.28 bits per heavy atom. The van der Waals surface area contributed by atoms with E-state index in [-0.39, 0.29) is 22.4 Å². The Bertz CT molecular complexity index is 308. The van der Waals surface area contributed by atoms with Gasteiger partial charge in [-0.25, -0.2) is 0 Å². The SMILES string of the molecule is CC(=O)CC(=O)C(F)(F)F.O=C([O-])C(F)(F)F.[Ag+]. The Hall–Kier alpha value is -0.870. The van der Waals surface area contributed by atoms with Crippen molar-refractivity contribution in [3.8, 4) is 0 Å². The van der Waals surface area contributed by atoms with Gasteiger partial charge in [-0.2, -0.15) is 26.3 Å². The molecule has 0 fully saturated rings. The van der Waals surface area contributed by atoms with Crippen LogP contribution in [-0.2, 0) is 36.8 Å². The van der Waals surface area contributed by atoms with Crippen molar-refractivity contribution in [2.24, 2.45) is 0 Å². The van der Waals surface area contributed by atoms with Gasteiger partial charge in [0.25, 0.3) is 0 Å². The summed E-state index contributed by atoms with van der Waals surface area (Å²) in [5.41, 5.74) is 0. The topological polar surface area (TPSA) is 74.3 Å². The number of alkyl halides is 6. The largest absolute Gasteiger partial charge is 1.00 e. The van der Waals surface area contributed by atoms with Crippen LogP contribution in [-0.4, -0.2) is 29.9 Å². The second-order valence-electron chi connectivity index (χ2n) is 2.58. The minimum Gasteiger partial charge on any atom is -0.542 e. The molecule has 110 valence electrons. The van der Waals surface area contributed by atoms with E-state index < -0.39 is 36.3 Å². The molecular weight excluding hydrogens is 370 g/mol. The molecule has 0 aromatic heterocycles. The van der Waals surface area contributed by atoms with Crippen molar-refractivity contribution >= 4 is 17.5 Å². The summed E-state index contributed by atoms with van der Waals surface area (Å²) in [4.78, 5) is 28.7. The predicted octanol–water partition coefficient (Wildman–Crippen LogP) is 0.393. The second kappa shape index (κ2) is 8.27. The van der Waals surface area contributed by atoms with Crippen molar-refractivity contribution in [2.45, 2.75) is 25.7 Å². The fourth-order valence-electron chi connectivity index (χ4n) is 0.326. The monoisotopic (exact) mass is 374 g/mol. The van der Waals surface area contributed by atoms with Gasteiger partial charge in [0.15, 0.2) is 0 Å². The van der Waals surface area contributed by atoms with Gasteiger partial charge in [0, 0.05) is 0 Å². The number of aliphatic carboxylic acids is 1. The van der Waals surface area contributed by atoms with Crippen molar-refractivity contribution in [1.29, 1.82) is 0 Å². The van der Waals surface area contributed by atoms with Crippen LogP contribution in [0.2, 0.25) is 0 Å². The van der Waals surface area contributed by atoms with E-state index in [0.29, 0.717) is 0 Å². The first-order valence-corrected chi connectivity index (χ1v) is 3.66. The second-order valence-corrected chi connectivity index (χ2v) is 2.58. The molecule has 0 aromatic carbocycles. The molecule has 0 bridgehead atoms. The smallest absolute Gasteiger partial charge is 0.542 e. The summed E-state index contributed by atoms with van der Waals surface area (Å²) in [5, 5.41) is 8.78. The molecule has 0 aliphatic heterocycles. The molecule has 0 saturated carbocycles. The first kappa shape index (κ1) is 22.3. The number of carbonyl (C=O) groups excluding carboxylic acids is 3. The summed E-state index contributed by atoms with van der Waals surface area (Å²) in [6.45, 7) is 0.934. The summed E-state index contributed by atoms with van der Waals surface area (Å²) in [5.74, 6) is -5.77. The summed E-state index contributed by atoms with van der Waals surface area (Å²) in [6.07, 6.45) is -11.1. The quantitative estimate of drug-likeness (QED) is 0.398. The van der Waals surface area contributed by atoms with Gasteiger partial charge in [0.05, 0.1) is 6.42 Å². The third-order valence-corrected chi connectivity index (χ3v) is 0.957. The Balaban J connectivity index is -0.000000251. The summed E-state index contributed by atoms with van der Waals surface area (Å²) in [7, 11) is 0. The molecule has 0 radical (unpaired) electrons. The van der Waals surface area contributed by atoms with Gasteiger partial charge in [0.2, 0.25) is 5.78 Å². The van der Waals surface area contributed by atoms with Crippen molar-refractivity contribution in [3.05, 3.63) is 0 Å². The summed E-state index contributed by atoms with van der Waals surface area (Å²) >= 11 is 0. The maximum atomic E-state index is 11.3. The van der Waals surface area contributed by atoms with Crippen LogP contribution in [0.5, 0.6) is 0 Å². The maximum absolute atomic E-state index is 11.3. The zero-order valence-electron chi connectivity index (χ0n) is 8.41. The molecule has 18 heavy (non-hydrogen) atoms.